The maximum absolute atomic E-state index is 5.36. The van der Waals surface area contributed by atoms with Gasteiger partial charge in [-0.1, -0.05) is 6.58 Å². The first-order valence-corrected chi connectivity index (χ1v) is 6.39. The second kappa shape index (κ2) is 3.78. The summed E-state index contributed by atoms with van der Waals surface area (Å²) >= 11 is 14.6. The highest BCUT2D eigenvalue weighted by Crippen LogP contribution is 2.45. The molecule has 0 aliphatic carbocycles. The predicted molar refractivity (Wildman–Crippen MR) is 75.5 cm³/mol. The Morgan fingerprint density at radius 1 is 0.700 bits per heavy atom. The Morgan fingerprint density at radius 2 is 1.25 bits per heavy atom. The van der Waals surface area contributed by atoms with Gasteiger partial charge in [0.2, 0.25) is 16.7 Å². The fraction of sp³-hybridized carbons (Fsp3) is 0. The number of hydrogen-bond acceptors (Lipinski definition) is 9. The Morgan fingerprint density at radius 3 is 1.95 bits per heavy atom. The molecule has 100 valence electrons. The van der Waals surface area contributed by atoms with E-state index in [1.165, 1.54) is 0 Å². The van der Waals surface area contributed by atoms with E-state index in [9.17, 15) is 0 Å². The van der Waals surface area contributed by atoms with Gasteiger partial charge in [-0.25, -0.2) is 0 Å². The third kappa shape index (κ3) is 1.45. The van der Waals surface area contributed by atoms with Gasteiger partial charge in [-0.15, -0.1) is 0 Å². The minimum Gasteiger partial charge on any atom is -0.417 e. The van der Waals surface area contributed by atoms with E-state index in [2.05, 4.69) is 6.58 Å². The van der Waals surface area contributed by atoms with E-state index < -0.39 is 0 Å². The molecule has 0 radical (unpaired) electrons. The number of thiocarbonyl (C=S) groups is 1. The number of ether oxygens (including phenoxy) is 2. The van der Waals surface area contributed by atoms with Gasteiger partial charge in [0, 0.05) is 36.7 Å². The highest BCUT2D eigenvalue weighted by molar-refractivity contribution is 7.79. The van der Waals surface area contributed by atoms with Crippen LogP contribution in [0.5, 0.6) is 5.75 Å². The maximum Gasteiger partial charge on any atom is 0.363 e. The molecule has 0 bridgehead atoms. The summed E-state index contributed by atoms with van der Waals surface area (Å²) < 4.78 is 31.8. The Hall–Kier alpha value is -1.97. The van der Waals surface area contributed by atoms with Crippen LogP contribution in [0.1, 0.15) is 5.56 Å². The minimum absolute atomic E-state index is 0.0852. The van der Waals surface area contributed by atoms with Crippen molar-refractivity contribution in [2.45, 2.75) is 0 Å². The lowest BCUT2D eigenvalue weighted by molar-refractivity contribution is 0.353. The van der Waals surface area contributed by atoms with Gasteiger partial charge in [0.15, 0.2) is 11.3 Å². The topological polar surface area (TPSA) is 71.0 Å². The molecular weight excluding hydrogens is 324 g/mol. The summed E-state index contributed by atoms with van der Waals surface area (Å²) in [5, 5.41) is -0.118. The molecule has 4 rings (SSSR count). The SMILES string of the molecule is C=C1OC(=S)Oc2c1c1oc(=S)oc1c1oc(=S)oc21. The van der Waals surface area contributed by atoms with Gasteiger partial charge in [0.1, 0.15) is 11.3 Å². The van der Waals surface area contributed by atoms with Gasteiger partial charge in [0.05, 0.1) is 0 Å². The number of rotatable bonds is 0. The molecule has 0 saturated heterocycles. The Bertz CT molecular complexity index is 1030. The van der Waals surface area contributed by atoms with Crippen molar-refractivity contribution in [2.75, 3.05) is 0 Å². The average Bonchev–Trinajstić information content (AvgIpc) is 2.91. The van der Waals surface area contributed by atoms with E-state index in [4.69, 9.17) is 63.8 Å². The van der Waals surface area contributed by atoms with Crippen molar-refractivity contribution >= 4 is 70.0 Å². The van der Waals surface area contributed by atoms with Gasteiger partial charge < -0.3 is 27.1 Å². The summed E-state index contributed by atoms with van der Waals surface area (Å²) in [4.78, 5) is -0.179. The Labute approximate surface area is 125 Å². The van der Waals surface area contributed by atoms with Crippen LogP contribution in [0.2, 0.25) is 0 Å². The molecular formula is C11H2O6S3. The van der Waals surface area contributed by atoms with E-state index in [1.54, 1.807) is 0 Å². The fourth-order valence-electron chi connectivity index (χ4n) is 2.00. The lowest BCUT2D eigenvalue weighted by atomic mass is 10.1. The van der Waals surface area contributed by atoms with Crippen molar-refractivity contribution < 1.29 is 27.1 Å². The summed E-state index contributed by atoms with van der Waals surface area (Å²) in [7, 11) is 0. The molecule has 0 spiro atoms. The lowest BCUT2D eigenvalue weighted by Crippen LogP contribution is -2.16. The molecule has 20 heavy (non-hydrogen) atoms. The van der Waals surface area contributed by atoms with Crippen molar-refractivity contribution in [3.63, 3.8) is 0 Å². The molecule has 1 aliphatic rings. The van der Waals surface area contributed by atoms with Crippen molar-refractivity contribution in [1.82, 2.24) is 0 Å². The second-order valence-corrected chi connectivity index (χ2v) is 4.81. The minimum atomic E-state index is -0.118. The fourth-order valence-corrected chi connectivity index (χ4v) is 2.51. The van der Waals surface area contributed by atoms with E-state index in [0.29, 0.717) is 5.56 Å². The first-order chi connectivity index (χ1) is 9.54. The number of fused-ring (bicyclic) bond motifs is 6. The molecule has 0 saturated carbocycles. The molecule has 1 aromatic carbocycles. The molecule has 0 atom stereocenters. The summed E-state index contributed by atoms with van der Waals surface area (Å²) in [6, 6.07) is 0. The molecule has 9 heteroatoms. The average molecular weight is 326 g/mol. The van der Waals surface area contributed by atoms with Crippen molar-refractivity contribution in [2.24, 2.45) is 0 Å². The van der Waals surface area contributed by atoms with Gasteiger partial charge in [0.25, 0.3) is 0 Å². The van der Waals surface area contributed by atoms with Crippen LogP contribution < -0.4 is 4.74 Å². The molecule has 1 aliphatic heterocycles. The second-order valence-electron chi connectivity index (χ2n) is 3.81. The van der Waals surface area contributed by atoms with E-state index in [0.717, 1.165) is 0 Å². The normalized spacial score (nSPS) is 14.4. The lowest BCUT2D eigenvalue weighted by Gasteiger charge is -2.18. The molecule has 0 fully saturated rings. The van der Waals surface area contributed by atoms with Crippen LogP contribution in [0.4, 0.5) is 0 Å². The Kier molecular flexibility index (Phi) is 2.23. The van der Waals surface area contributed by atoms with Gasteiger partial charge in [-0.05, 0) is 0 Å². The number of hydrogen-bond donors (Lipinski definition) is 0. The maximum atomic E-state index is 5.36. The summed E-state index contributed by atoms with van der Waals surface area (Å²) in [5.41, 5.74) is 1.35. The molecule has 3 heterocycles. The van der Waals surface area contributed by atoms with E-state index >= 15 is 0 Å². The van der Waals surface area contributed by atoms with Crippen LogP contribution in [0.3, 0.4) is 0 Å². The predicted octanol–water partition coefficient (Wildman–Crippen LogP) is 4.49. The molecule has 2 aromatic heterocycles. The Balaban J connectivity index is 2.34. The summed E-state index contributed by atoms with van der Waals surface area (Å²) in [6.07, 6.45) is 0. The van der Waals surface area contributed by atoms with E-state index in [1.807, 2.05) is 0 Å². The monoisotopic (exact) mass is 326 g/mol. The van der Waals surface area contributed by atoms with Gasteiger partial charge in [-0.2, -0.15) is 0 Å². The first-order valence-electron chi connectivity index (χ1n) is 5.17. The molecule has 6 nitrogen and oxygen atoms in total. The van der Waals surface area contributed by atoms with Crippen LogP contribution in [0.25, 0.3) is 28.1 Å². The third-order valence-corrected chi connectivity index (χ3v) is 3.19. The van der Waals surface area contributed by atoms with Crippen molar-refractivity contribution in [1.29, 1.82) is 0 Å². The van der Waals surface area contributed by atoms with Gasteiger partial charge in [-0.3, -0.25) is 0 Å². The first kappa shape index (κ1) is 11.8. The summed E-state index contributed by atoms with van der Waals surface area (Å²) in [6.45, 7) is 3.76. The van der Waals surface area contributed by atoms with Crippen LogP contribution in [0, 0.1) is 9.81 Å². The third-order valence-electron chi connectivity index (χ3n) is 2.69. The van der Waals surface area contributed by atoms with Crippen LogP contribution in [0.15, 0.2) is 24.2 Å². The zero-order chi connectivity index (χ0) is 14.0. The zero-order valence-electron chi connectivity index (χ0n) is 9.38. The smallest absolute Gasteiger partial charge is 0.363 e. The molecule has 3 aromatic rings. The summed E-state index contributed by atoms with van der Waals surface area (Å²) in [5.74, 6) is 0.471. The van der Waals surface area contributed by atoms with Crippen LogP contribution >= 0.6 is 36.7 Å². The quantitative estimate of drug-likeness (QED) is 0.555. The highest BCUT2D eigenvalue weighted by Gasteiger charge is 2.32. The van der Waals surface area contributed by atoms with Crippen molar-refractivity contribution in [3.8, 4) is 5.75 Å². The zero-order valence-corrected chi connectivity index (χ0v) is 11.8. The largest absolute Gasteiger partial charge is 0.417 e. The molecule has 0 amide bonds. The van der Waals surface area contributed by atoms with Crippen LogP contribution in [-0.4, -0.2) is 5.24 Å². The van der Waals surface area contributed by atoms with Crippen LogP contribution in [-0.2, 0) is 4.74 Å². The van der Waals surface area contributed by atoms with Crippen molar-refractivity contribution in [3.05, 3.63) is 21.9 Å². The molecule has 0 unspecified atom stereocenters. The van der Waals surface area contributed by atoms with E-state index in [-0.39, 0.29) is 48.9 Å². The molecule has 0 N–H and O–H groups in total. The highest BCUT2D eigenvalue weighted by atomic mass is 32.1. The number of benzene rings is 1. The van der Waals surface area contributed by atoms with Gasteiger partial charge >= 0.3 is 15.0 Å². The standard InChI is InChI=1S/C11H2O6S3/c1-2-3-4(13-9(18)12-2)6-8(17-11(20)16-6)7-5(3)14-10(19)15-7/h1H2.